The van der Waals surface area contributed by atoms with Gasteiger partial charge >= 0.3 is 0 Å². The van der Waals surface area contributed by atoms with Gasteiger partial charge in [-0.05, 0) is 25.5 Å². The summed E-state index contributed by atoms with van der Waals surface area (Å²) in [6, 6.07) is 10.5. The lowest BCUT2D eigenvalue weighted by atomic mass is 10.1. The Bertz CT molecular complexity index is 539. The second kappa shape index (κ2) is 6.76. The predicted molar refractivity (Wildman–Crippen MR) is 84.3 cm³/mol. The normalized spacial score (nSPS) is 10.9. The van der Waals surface area contributed by atoms with Crippen LogP contribution in [0, 0.1) is 6.92 Å². The molecule has 0 aliphatic heterocycles. The molecule has 19 heavy (non-hydrogen) atoms. The van der Waals surface area contributed by atoms with Gasteiger partial charge in [0.1, 0.15) is 0 Å². The van der Waals surface area contributed by atoms with Crippen LogP contribution >= 0.6 is 11.6 Å². The molecule has 1 aromatic carbocycles. The zero-order chi connectivity index (χ0) is 13.7. The number of benzene rings is 1. The lowest BCUT2D eigenvalue weighted by Crippen LogP contribution is -2.27. The minimum Gasteiger partial charge on any atom is -0.370 e. The second-order valence-corrected chi connectivity index (χ2v) is 5.21. The van der Waals surface area contributed by atoms with Crippen molar-refractivity contribution in [2.45, 2.75) is 26.7 Å². The van der Waals surface area contributed by atoms with E-state index in [2.05, 4.69) is 48.0 Å². The Morgan fingerprint density at radius 3 is 2.74 bits per heavy atom. The molecule has 0 saturated heterocycles. The van der Waals surface area contributed by atoms with Gasteiger partial charge in [0, 0.05) is 35.7 Å². The third-order valence-electron chi connectivity index (χ3n) is 3.30. The smallest absolute Gasteiger partial charge is 0.0726 e. The van der Waals surface area contributed by atoms with Crippen molar-refractivity contribution in [3.05, 3.63) is 36.0 Å². The SMILES string of the molecule is CCCCN(CCCl)c1cc(C)nc2ccccc12. The summed E-state index contributed by atoms with van der Waals surface area (Å²) in [6.45, 7) is 6.20. The highest BCUT2D eigenvalue weighted by atomic mass is 35.5. The highest BCUT2D eigenvalue weighted by molar-refractivity contribution is 6.18. The van der Waals surface area contributed by atoms with E-state index in [1.165, 1.54) is 23.9 Å². The number of nitrogens with zero attached hydrogens (tertiary/aromatic N) is 2. The average Bonchev–Trinajstić information content (AvgIpc) is 2.42. The number of para-hydroxylation sites is 1. The summed E-state index contributed by atoms with van der Waals surface area (Å²) in [5.74, 6) is 0.652. The second-order valence-electron chi connectivity index (χ2n) is 4.83. The van der Waals surface area contributed by atoms with Crippen LogP contribution in [0.25, 0.3) is 10.9 Å². The van der Waals surface area contributed by atoms with Crippen LogP contribution in [0.5, 0.6) is 0 Å². The van der Waals surface area contributed by atoms with Gasteiger partial charge in [-0.3, -0.25) is 4.98 Å². The molecule has 0 amide bonds. The van der Waals surface area contributed by atoms with Gasteiger partial charge in [-0.2, -0.15) is 0 Å². The van der Waals surface area contributed by atoms with E-state index < -0.39 is 0 Å². The van der Waals surface area contributed by atoms with E-state index in [1.54, 1.807) is 0 Å². The molecule has 2 aromatic rings. The molecule has 0 bridgehead atoms. The third-order valence-corrected chi connectivity index (χ3v) is 3.47. The van der Waals surface area contributed by atoms with Crippen LogP contribution in [-0.2, 0) is 0 Å². The average molecular weight is 277 g/mol. The van der Waals surface area contributed by atoms with E-state index in [0.717, 1.165) is 24.3 Å². The maximum atomic E-state index is 5.96. The Kier molecular flexibility index (Phi) is 5.03. The van der Waals surface area contributed by atoms with Crippen molar-refractivity contribution in [2.24, 2.45) is 0 Å². The Labute approximate surface area is 120 Å². The number of aryl methyl sites for hydroxylation is 1. The molecule has 0 spiro atoms. The van der Waals surface area contributed by atoms with Gasteiger partial charge in [0.05, 0.1) is 5.52 Å². The first kappa shape index (κ1) is 14.1. The first-order valence-corrected chi connectivity index (χ1v) is 7.47. The Morgan fingerprint density at radius 2 is 2.00 bits per heavy atom. The minimum absolute atomic E-state index is 0.652. The standard InChI is InChI=1S/C16H21ClN2/c1-3-4-10-19(11-9-17)16-12-13(2)18-15-8-6-5-7-14(15)16/h5-8,12H,3-4,9-11H2,1-2H3. The van der Waals surface area contributed by atoms with Crippen LogP contribution in [-0.4, -0.2) is 24.0 Å². The quantitative estimate of drug-likeness (QED) is 0.728. The molecule has 0 aliphatic rings. The molecule has 3 heteroatoms. The van der Waals surface area contributed by atoms with Gasteiger partial charge < -0.3 is 4.90 Å². The zero-order valence-electron chi connectivity index (χ0n) is 11.7. The minimum atomic E-state index is 0.652. The highest BCUT2D eigenvalue weighted by Crippen LogP contribution is 2.27. The molecule has 0 radical (unpaired) electrons. The van der Waals surface area contributed by atoms with Gasteiger partial charge in [0.2, 0.25) is 0 Å². The number of alkyl halides is 1. The number of anilines is 1. The van der Waals surface area contributed by atoms with E-state index in [4.69, 9.17) is 11.6 Å². The Hall–Kier alpha value is -1.28. The maximum Gasteiger partial charge on any atom is 0.0726 e. The fourth-order valence-electron chi connectivity index (χ4n) is 2.35. The Morgan fingerprint density at radius 1 is 1.21 bits per heavy atom. The summed E-state index contributed by atoms with van der Waals surface area (Å²) in [5, 5.41) is 1.22. The Balaban J connectivity index is 2.45. The van der Waals surface area contributed by atoms with Crippen LogP contribution in [0.3, 0.4) is 0 Å². The van der Waals surface area contributed by atoms with Crippen LogP contribution in [0.1, 0.15) is 25.5 Å². The maximum absolute atomic E-state index is 5.96. The molecule has 2 nitrogen and oxygen atoms in total. The fraction of sp³-hybridized carbons (Fsp3) is 0.438. The summed E-state index contributed by atoms with van der Waals surface area (Å²) < 4.78 is 0. The largest absolute Gasteiger partial charge is 0.370 e. The number of hydrogen-bond donors (Lipinski definition) is 0. The van der Waals surface area contributed by atoms with E-state index in [-0.39, 0.29) is 0 Å². The van der Waals surface area contributed by atoms with E-state index >= 15 is 0 Å². The van der Waals surface area contributed by atoms with Crippen molar-refractivity contribution in [3.8, 4) is 0 Å². The molecule has 1 heterocycles. The van der Waals surface area contributed by atoms with Gasteiger partial charge in [0.25, 0.3) is 0 Å². The van der Waals surface area contributed by atoms with Crippen LogP contribution in [0.4, 0.5) is 5.69 Å². The van der Waals surface area contributed by atoms with E-state index in [0.29, 0.717) is 5.88 Å². The summed E-state index contributed by atoms with van der Waals surface area (Å²) in [6.07, 6.45) is 2.38. The molecule has 0 atom stereocenters. The lowest BCUT2D eigenvalue weighted by molar-refractivity contribution is 0.735. The highest BCUT2D eigenvalue weighted by Gasteiger charge is 2.10. The van der Waals surface area contributed by atoms with Crippen LogP contribution in [0.15, 0.2) is 30.3 Å². The van der Waals surface area contributed by atoms with E-state index in [9.17, 15) is 0 Å². The molecular formula is C16H21ClN2. The van der Waals surface area contributed by atoms with Crippen LogP contribution in [0.2, 0.25) is 0 Å². The predicted octanol–water partition coefficient (Wildman–Crippen LogP) is 4.39. The number of unbranched alkanes of at least 4 members (excludes halogenated alkanes) is 1. The molecule has 0 aliphatic carbocycles. The lowest BCUT2D eigenvalue weighted by Gasteiger charge is -2.25. The number of pyridine rings is 1. The molecule has 102 valence electrons. The van der Waals surface area contributed by atoms with Crippen LogP contribution < -0.4 is 4.90 Å². The molecule has 0 N–H and O–H groups in total. The molecule has 0 unspecified atom stereocenters. The number of hydrogen-bond acceptors (Lipinski definition) is 2. The summed E-state index contributed by atoms with van der Waals surface area (Å²) >= 11 is 5.96. The van der Waals surface area contributed by atoms with Crippen molar-refractivity contribution < 1.29 is 0 Å². The van der Waals surface area contributed by atoms with Crippen molar-refractivity contribution in [1.82, 2.24) is 4.98 Å². The topological polar surface area (TPSA) is 16.1 Å². The monoisotopic (exact) mass is 276 g/mol. The van der Waals surface area contributed by atoms with Gasteiger partial charge in [-0.25, -0.2) is 0 Å². The summed E-state index contributed by atoms with van der Waals surface area (Å²) in [7, 11) is 0. The summed E-state index contributed by atoms with van der Waals surface area (Å²) in [4.78, 5) is 6.98. The van der Waals surface area contributed by atoms with Gasteiger partial charge in [0.15, 0.2) is 0 Å². The van der Waals surface area contributed by atoms with Gasteiger partial charge in [-0.15, -0.1) is 11.6 Å². The summed E-state index contributed by atoms with van der Waals surface area (Å²) in [5.41, 5.74) is 3.38. The number of fused-ring (bicyclic) bond motifs is 1. The number of rotatable bonds is 6. The fourth-order valence-corrected chi connectivity index (χ4v) is 2.55. The van der Waals surface area contributed by atoms with Crippen molar-refractivity contribution in [2.75, 3.05) is 23.9 Å². The molecule has 0 fully saturated rings. The van der Waals surface area contributed by atoms with Gasteiger partial charge in [-0.1, -0.05) is 31.5 Å². The molecule has 1 aromatic heterocycles. The van der Waals surface area contributed by atoms with Crippen molar-refractivity contribution in [3.63, 3.8) is 0 Å². The molecule has 0 saturated carbocycles. The van der Waals surface area contributed by atoms with Crippen molar-refractivity contribution >= 4 is 28.2 Å². The molecule has 2 rings (SSSR count). The van der Waals surface area contributed by atoms with E-state index in [1.807, 2.05) is 6.07 Å². The molecular weight excluding hydrogens is 256 g/mol. The number of halogens is 1. The first-order chi connectivity index (χ1) is 9.26. The number of aromatic nitrogens is 1. The first-order valence-electron chi connectivity index (χ1n) is 6.93. The third kappa shape index (κ3) is 3.38. The van der Waals surface area contributed by atoms with Crippen molar-refractivity contribution in [1.29, 1.82) is 0 Å². The zero-order valence-corrected chi connectivity index (χ0v) is 12.5.